The molecule has 0 aliphatic carbocycles. The first-order chi connectivity index (χ1) is 19.9. The van der Waals surface area contributed by atoms with Gasteiger partial charge in [0.05, 0.1) is 0 Å². The van der Waals surface area contributed by atoms with Crippen LogP contribution in [0.4, 0.5) is 8.78 Å². The quantitative estimate of drug-likeness (QED) is 0.152. The van der Waals surface area contributed by atoms with Crippen molar-refractivity contribution in [3.05, 3.63) is 125 Å². The largest absolute Gasteiger partial charge is 3.00 e. The minimum absolute atomic E-state index is 0. The minimum Gasteiger partial charge on any atom is -0.672 e. The molecule has 0 amide bonds. The van der Waals surface area contributed by atoms with E-state index in [9.17, 15) is 8.78 Å². The van der Waals surface area contributed by atoms with Crippen LogP contribution in [0.3, 0.4) is 0 Å². The normalized spacial score (nSPS) is 11.5. The third kappa shape index (κ3) is 9.10. The first-order valence-corrected chi connectivity index (χ1v) is 15.1. The Hall–Kier alpha value is -2.80. The van der Waals surface area contributed by atoms with Gasteiger partial charge in [0.15, 0.2) is 11.6 Å². The predicted octanol–water partition coefficient (Wildman–Crippen LogP) is 11.3. The maximum atomic E-state index is 14.2. The van der Waals surface area contributed by atoms with Gasteiger partial charge in [0.25, 0.3) is 0 Å². The predicted molar refractivity (Wildman–Crippen MR) is 174 cm³/mol. The maximum absolute atomic E-state index is 14.2. The number of rotatable bonds is 7. The standard InChI is InChI=1S/C23H18F2NS.C13H20N2.Ir/c1-23(2,3)15-9-7-14(8-10-15)22-17-13-20(27-19(17)11-12-26-22)16-5-4-6-18(24)21(16)25;1-10(2)14-13(15-11(3)4)12-8-6-5-7-9-12;/h4-7,9-13H,1-3H3;5-11,13H,1-4H3;/q-1;-2;+3. The molecule has 2 heterocycles. The van der Waals surface area contributed by atoms with Crippen LogP contribution in [0.5, 0.6) is 0 Å². The fraction of sp³-hybridized carbons (Fsp3) is 0.306. The Balaban J connectivity index is 0.000000271. The molecule has 43 heavy (non-hydrogen) atoms. The van der Waals surface area contributed by atoms with Gasteiger partial charge in [-0.25, -0.2) is 14.9 Å². The van der Waals surface area contributed by atoms with Crippen molar-refractivity contribution in [3.8, 4) is 21.7 Å². The van der Waals surface area contributed by atoms with E-state index in [4.69, 9.17) is 0 Å². The summed E-state index contributed by atoms with van der Waals surface area (Å²) in [5, 5.41) is 10.2. The number of aromatic nitrogens is 1. The average Bonchev–Trinajstić information content (AvgIpc) is 3.38. The summed E-state index contributed by atoms with van der Waals surface area (Å²) in [5.41, 5.74) is 4.39. The number of pyridine rings is 1. The Kier molecular flexibility index (Phi) is 12.3. The van der Waals surface area contributed by atoms with Gasteiger partial charge in [-0.3, -0.25) is 0 Å². The molecule has 7 heteroatoms. The molecule has 5 aromatic rings. The zero-order valence-electron chi connectivity index (χ0n) is 25.7. The Bertz CT molecular complexity index is 1580. The molecule has 0 fully saturated rings. The van der Waals surface area contributed by atoms with E-state index in [1.807, 2.05) is 42.5 Å². The first-order valence-electron chi connectivity index (χ1n) is 14.2. The number of hydrogen-bond donors (Lipinski definition) is 0. The van der Waals surface area contributed by atoms with Crippen molar-refractivity contribution in [2.75, 3.05) is 0 Å². The van der Waals surface area contributed by atoms with Gasteiger partial charge in [-0.2, -0.15) is 0 Å². The minimum atomic E-state index is -0.839. The van der Waals surface area contributed by atoms with Crippen molar-refractivity contribution < 1.29 is 28.9 Å². The van der Waals surface area contributed by atoms with Crippen LogP contribution in [0.2, 0.25) is 0 Å². The van der Waals surface area contributed by atoms with Gasteiger partial charge >= 0.3 is 20.1 Å². The van der Waals surface area contributed by atoms with Gasteiger partial charge in [0.2, 0.25) is 0 Å². The van der Waals surface area contributed by atoms with Gasteiger partial charge in [-0.15, -0.1) is 58.8 Å². The molecule has 0 atom stereocenters. The Morgan fingerprint density at radius 3 is 2.09 bits per heavy atom. The van der Waals surface area contributed by atoms with Crippen LogP contribution in [-0.4, -0.2) is 17.1 Å². The molecule has 2 aromatic heterocycles. The number of fused-ring (bicyclic) bond motifs is 1. The van der Waals surface area contributed by atoms with E-state index in [1.165, 1.54) is 28.5 Å². The summed E-state index contributed by atoms with van der Waals surface area (Å²) in [6.45, 7) is 14.8. The van der Waals surface area contributed by atoms with Crippen LogP contribution in [0, 0.1) is 17.7 Å². The van der Waals surface area contributed by atoms with Gasteiger partial charge in [-0.05, 0) is 34.7 Å². The molecule has 226 valence electrons. The smallest absolute Gasteiger partial charge is 0.672 e. The summed E-state index contributed by atoms with van der Waals surface area (Å²) < 4.78 is 28.8. The van der Waals surface area contributed by atoms with Crippen molar-refractivity contribution in [3.63, 3.8) is 0 Å². The molecule has 3 aromatic carbocycles. The molecule has 0 unspecified atom stereocenters. The molecule has 0 saturated heterocycles. The number of benzene rings is 3. The van der Waals surface area contributed by atoms with Crippen molar-refractivity contribution in [2.24, 2.45) is 0 Å². The van der Waals surface area contributed by atoms with Gasteiger partial charge < -0.3 is 15.6 Å². The summed E-state index contributed by atoms with van der Waals surface area (Å²) in [6, 6.07) is 28.4. The molecule has 0 spiro atoms. The van der Waals surface area contributed by atoms with Crippen molar-refractivity contribution in [2.45, 2.75) is 72.1 Å². The molecule has 0 aliphatic heterocycles. The molecule has 0 aliphatic rings. The topological polar surface area (TPSA) is 41.1 Å². The van der Waals surface area contributed by atoms with E-state index in [-0.39, 0.29) is 37.2 Å². The maximum Gasteiger partial charge on any atom is 3.00 e. The van der Waals surface area contributed by atoms with Gasteiger partial charge in [0, 0.05) is 21.3 Å². The van der Waals surface area contributed by atoms with Gasteiger partial charge in [0.1, 0.15) is 0 Å². The molecule has 3 nitrogen and oxygen atoms in total. The fourth-order valence-electron chi connectivity index (χ4n) is 4.44. The number of nitrogens with zero attached hydrogens (tertiary/aromatic N) is 3. The second-order valence-electron chi connectivity index (χ2n) is 11.8. The van der Waals surface area contributed by atoms with Crippen molar-refractivity contribution >= 4 is 21.4 Å². The average molecular weight is 775 g/mol. The second kappa shape index (κ2) is 15.3. The fourth-order valence-corrected chi connectivity index (χ4v) is 5.52. The van der Waals surface area contributed by atoms with E-state index < -0.39 is 11.6 Å². The van der Waals surface area contributed by atoms with Gasteiger partial charge in [-0.1, -0.05) is 96.5 Å². The number of thiophene rings is 1. The zero-order chi connectivity index (χ0) is 30.4. The number of halogens is 2. The summed E-state index contributed by atoms with van der Waals surface area (Å²) in [5.74, 6) is -1.66. The molecule has 0 saturated carbocycles. The van der Waals surface area contributed by atoms with E-state index in [2.05, 4.69) is 88.3 Å². The van der Waals surface area contributed by atoms with Crippen LogP contribution in [-0.2, 0) is 25.5 Å². The van der Waals surface area contributed by atoms with Crippen LogP contribution in [0.1, 0.15) is 65.8 Å². The third-order valence-electron chi connectivity index (χ3n) is 6.57. The van der Waals surface area contributed by atoms with Crippen LogP contribution in [0.25, 0.3) is 42.4 Å². The van der Waals surface area contributed by atoms with E-state index >= 15 is 0 Å². The summed E-state index contributed by atoms with van der Waals surface area (Å²) in [4.78, 5) is 5.21. The Morgan fingerprint density at radius 2 is 1.51 bits per heavy atom. The molecule has 5 rings (SSSR count). The summed E-state index contributed by atoms with van der Waals surface area (Å²) in [7, 11) is 0. The van der Waals surface area contributed by atoms with Crippen LogP contribution >= 0.6 is 11.3 Å². The van der Waals surface area contributed by atoms with Crippen molar-refractivity contribution in [1.29, 1.82) is 0 Å². The Labute approximate surface area is 272 Å². The van der Waals surface area contributed by atoms with Crippen molar-refractivity contribution in [1.82, 2.24) is 4.98 Å². The zero-order valence-corrected chi connectivity index (χ0v) is 28.9. The van der Waals surface area contributed by atoms with Crippen LogP contribution < -0.4 is 0 Å². The summed E-state index contributed by atoms with van der Waals surface area (Å²) >= 11 is 1.43. The monoisotopic (exact) mass is 775 g/mol. The molecular formula is C36H38F2IrN3S. The third-order valence-corrected chi connectivity index (χ3v) is 7.71. The molecular weight excluding hydrogens is 737 g/mol. The molecule has 0 N–H and O–H groups in total. The Morgan fingerprint density at radius 1 is 0.837 bits per heavy atom. The van der Waals surface area contributed by atoms with E-state index in [1.54, 1.807) is 12.3 Å². The number of hydrogen-bond acceptors (Lipinski definition) is 2. The first kappa shape index (κ1) is 34.7. The van der Waals surface area contributed by atoms with Crippen LogP contribution in [0.15, 0.2) is 85.1 Å². The van der Waals surface area contributed by atoms with E-state index in [0.29, 0.717) is 17.0 Å². The molecule has 0 radical (unpaired) electrons. The SMILES string of the molecule is CC(C)(C)c1c[c-]c(-c2nccc3sc(-c4cccc(F)c4F)cc23)cc1.CC(C)[N-]C([N-]C(C)C)c1ccccc1.[Ir+3]. The van der Waals surface area contributed by atoms with E-state index in [0.717, 1.165) is 27.4 Å². The summed E-state index contributed by atoms with van der Waals surface area (Å²) in [6.07, 6.45) is 1.73. The molecule has 0 bridgehead atoms. The second-order valence-corrected chi connectivity index (χ2v) is 12.9.